The summed E-state index contributed by atoms with van der Waals surface area (Å²) < 4.78 is 35.1. The van der Waals surface area contributed by atoms with E-state index < -0.39 is 10.1 Å². The molecular weight excluding hydrogens is 411 g/mol. The van der Waals surface area contributed by atoms with Gasteiger partial charge in [0.2, 0.25) is 0 Å². The van der Waals surface area contributed by atoms with Gasteiger partial charge in [-0.25, -0.2) is 0 Å². The van der Waals surface area contributed by atoms with Crippen LogP contribution in [0, 0.1) is 0 Å². The molecule has 0 atom stereocenters. The molecule has 1 aliphatic rings. The summed E-state index contributed by atoms with van der Waals surface area (Å²) in [5.74, 6) is 0.109. The Bertz CT molecular complexity index is 570. The minimum atomic E-state index is -3.88. The van der Waals surface area contributed by atoms with Gasteiger partial charge in [0, 0.05) is 17.7 Å². The van der Waals surface area contributed by atoms with E-state index in [9.17, 15) is 17.7 Å². The molecule has 1 heterocycles. The molecule has 0 amide bonds. The van der Waals surface area contributed by atoms with E-state index in [0.717, 1.165) is 25.7 Å². The van der Waals surface area contributed by atoms with Crippen LogP contribution in [0.1, 0.15) is 102 Å². The topological polar surface area (TPSA) is 60.4 Å². The molecule has 0 unspecified atom stereocenters. The number of carbonyl (C=O) groups excluding carboxylic acids is 1. The number of rotatable bonds is 11. The molecule has 0 saturated heterocycles. The van der Waals surface area contributed by atoms with E-state index in [2.05, 4.69) is 11.3 Å². The number of ketones is 1. The molecule has 1 saturated carbocycles. The lowest BCUT2D eigenvalue weighted by molar-refractivity contribution is -0.118. The highest BCUT2D eigenvalue weighted by atomic mass is 32.2. The van der Waals surface area contributed by atoms with E-state index in [4.69, 9.17) is 0 Å². The Morgan fingerprint density at radius 2 is 1.55 bits per heavy atom. The van der Waals surface area contributed by atoms with Crippen LogP contribution >= 0.6 is 11.3 Å². The fraction of sp³-hybridized carbons (Fsp3) is 0.773. The van der Waals surface area contributed by atoms with Crippen molar-refractivity contribution in [3.8, 4) is 0 Å². The summed E-state index contributed by atoms with van der Waals surface area (Å²) in [6.07, 6.45) is 16.0. The summed E-state index contributed by atoms with van der Waals surface area (Å²) in [7, 11) is -3.88. The van der Waals surface area contributed by atoms with Crippen LogP contribution < -0.4 is 0 Å². The fourth-order valence-electron chi connectivity index (χ4n) is 2.88. The van der Waals surface area contributed by atoms with Gasteiger partial charge in [-0.3, -0.25) is 4.79 Å². The molecule has 2 rings (SSSR count). The molecule has 1 aromatic heterocycles. The second kappa shape index (κ2) is 19.2. The Labute approximate surface area is 181 Å². The van der Waals surface area contributed by atoms with E-state index in [1.165, 1.54) is 49.8 Å². The number of halogens is 1. The Balaban J connectivity index is 0.000000430. The first-order chi connectivity index (χ1) is 13.9. The number of thiophene rings is 1. The van der Waals surface area contributed by atoms with E-state index >= 15 is 0 Å². The number of hydrogen-bond donors (Lipinski definition) is 0. The summed E-state index contributed by atoms with van der Waals surface area (Å²) in [6, 6.07) is 3.97. The maximum atomic E-state index is 11.3. The monoisotopic (exact) mass is 450 g/mol. The molecule has 1 aliphatic carbocycles. The first-order valence-corrected chi connectivity index (χ1v) is 13.5. The van der Waals surface area contributed by atoms with Crippen LogP contribution in [-0.4, -0.2) is 20.0 Å². The highest BCUT2D eigenvalue weighted by molar-refractivity contribution is 7.86. The van der Waals surface area contributed by atoms with Crippen molar-refractivity contribution in [3.63, 3.8) is 0 Å². The molecule has 1 aromatic rings. The summed E-state index contributed by atoms with van der Waals surface area (Å²) >= 11 is 1.65. The predicted octanol–water partition coefficient (Wildman–Crippen LogP) is 7.19. The van der Waals surface area contributed by atoms with Crippen LogP contribution in [0.5, 0.6) is 0 Å². The number of hydrogen-bond acceptors (Lipinski definition) is 5. The van der Waals surface area contributed by atoms with Gasteiger partial charge in [0.05, 0.1) is 5.75 Å². The molecule has 0 radical (unpaired) electrons. The minimum absolute atomic E-state index is 0.213. The maximum absolute atomic E-state index is 11.3. The standard InChI is InChI=1S/C8H17FO3S.C8H10OS.C6H12/c1-2-3-4-5-6-7-8-13(10,11)12-9;1-2-7(9)6-8-4-3-5-10-8;1-2-4-6-5-3-1/h2-8H2,1H3;3-5H,2,6H2,1H3;1-6H2. The summed E-state index contributed by atoms with van der Waals surface area (Å²) in [6.45, 7) is 4.01. The molecule has 0 N–H and O–H groups in total. The lowest BCUT2D eigenvalue weighted by Gasteiger charge is -2.05. The van der Waals surface area contributed by atoms with Gasteiger partial charge in [0.1, 0.15) is 5.78 Å². The molecule has 1 fully saturated rings. The highest BCUT2D eigenvalue weighted by Crippen LogP contribution is 2.15. The first-order valence-electron chi connectivity index (χ1n) is 11.0. The van der Waals surface area contributed by atoms with E-state index in [-0.39, 0.29) is 5.75 Å². The fourth-order valence-corrected chi connectivity index (χ4v) is 4.24. The van der Waals surface area contributed by atoms with Crippen molar-refractivity contribution >= 4 is 27.2 Å². The van der Waals surface area contributed by atoms with Crippen molar-refractivity contribution in [1.29, 1.82) is 0 Å². The SMILES string of the molecule is C1CCCCC1.CCC(=O)Cc1cccs1.CCCCCCCCS(=O)(=O)OF. The number of Topliss-reactive ketones (excluding diaryl/α,β-unsaturated/α-hetero) is 1. The Hall–Kier alpha value is -0.790. The van der Waals surface area contributed by atoms with Gasteiger partial charge in [-0.05, 0) is 22.4 Å². The Morgan fingerprint density at radius 3 is 2.00 bits per heavy atom. The third kappa shape index (κ3) is 18.9. The van der Waals surface area contributed by atoms with Crippen molar-refractivity contribution in [2.24, 2.45) is 0 Å². The van der Waals surface area contributed by atoms with Crippen LogP contribution in [0.25, 0.3) is 0 Å². The lowest BCUT2D eigenvalue weighted by atomic mass is 10.0. The lowest BCUT2D eigenvalue weighted by Crippen LogP contribution is -2.05. The molecule has 170 valence electrons. The zero-order valence-corrected chi connectivity index (χ0v) is 19.8. The van der Waals surface area contributed by atoms with Gasteiger partial charge >= 0.3 is 0 Å². The van der Waals surface area contributed by atoms with Gasteiger partial charge in [-0.15, -0.1) is 11.3 Å². The van der Waals surface area contributed by atoms with Crippen LogP contribution in [0.15, 0.2) is 17.5 Å². The zero-order chi connectivity index (χ0) is 21.8. The molecule has 7 heteroatoms. The van der Waals surface area contributed by atoms with Crippen molar-refractivity contribution < 1.29 is 22.1 Å². The average Bonchev–Trinajstić information content (AvgIpc) is 3.26. The first kappa shape index (κ1) is 28.2. The molecule has 29 heavy (non-hydrogen) atoms. The van der Waals surface area contributed by atoms with Crippen LogP contribution in [0.4, 0.5) is 4.53 Å². The quantitative estimate of drug-likeness (QED) is 0.335. The molecule has 0 aromatic carbocycles. The van der Waals surface area contributed by atoms with E-state index in [0.29, 0.717) is 25.0 Å². The smallest absolute Gasteiger partial charge is 0.297 e. The van der Waals surface area contributed by atoms with Gasteiger partial charge in [-0.1, -0.05) is 94.9 Å². The molecule has 4 nitrogen and oxygen atoms in total. The number of carbonyl (C=O) groups is 1. The molecule has 0 aliphatic heterocycles. The summed E-state index contributed by atoms with van der Waals surface area (Å²) in [4.78, 5) is 12.1. The summed E-state index contributed by atoms with van der Waals surface area (Å²) in [5.41, 5.74) is 0. The van der Waals surface area contributed by atoms with E-state index in [1.807, 2.05) is 24.4 Å². The number of unbranched alkanes of at least 4 members (excludes halogenated alkanes) is 5. The predicted molar refractivity (Wildman–Crippen MR) is 120 cm³/mol. The molecular formula is C22H39FO4S2. The average molecular weight is 451 g/mol. The second-order valence-corrected chi connectivity index (χ2v) is 10.0. The second-order valence-electron chi connectivity index (χ2n) is 7.36. The molecule has 0 spiro atoms. The Kier molecular flexibility index (Phi) is 18.7. The van der Waals surface area contributed by atoms with E-state index in [1.54, 1.807) is 11.3 Å². The zero-order valence-electron chi connectivity index (χ0n) is 18.2. The van der Waals surface area contributed by atoms with Crippen LogP contribution in [0.3, 0.4) is 0 Å². The highest BCUT2D eigenvalue weighted by Gasteiger charge is 2.10. The van der Waals surface area contributed by atoms with Crippen LogP contribution in [0.2, 0.25) is 0 Å². The largest absolute Gasteiger partial charge is 0.299 e. The van der Waals surface area contributed by atoms with Gasteiger partial charge in [0.15, 0.2) is 0 Å². The van der Waals surface area contributed by atoms with Crippen LogP contribution in [-0.2, 0) is 25.7 Å². The minimum Gasteiger partial charge on any atom is -0.299 e. The van der Waals surface area contributed by atoms with Gasteiger partial charge in [-0.2, -0.15) is 8.42 Å². The third-order valence-electron chi connectivity index (χ3n) is 4.69. The maximum Gasteiger partial charge on any atom is 0.297 e. The Morgan fingerprint density at radius 1 is 1.00 bits per heavy atom. The van der Waals surface area contributed by atoms with Crippen molar-refractivity contribution in [2.75, 3.05) is 5.75 Å². The van der Waals surface area contributed by atoms with Gasteiger partial charge < -0.3 is 0 Å². The third-order valence-corrected chi connectivity index (χ3v) is 6.55. The molecule has 0 bridgehead atoms. The summed E-state index contributed by atoms with van der Waals surface area (Å²) in [5, 5.41) is 2.00. The van der Waals surface area contributed by atoms with Gasteiger partial charge in [0.25, 0.3) is 10.1 Å². The van der Waals surface area contributed by atoms with Crippen molar-refractivity contribution in [3.05, 3.63) is 22.4 Å². The van der Waals surface area contributed by atoms with Crippen molar-refractivity contribution in [1.82, 2.24) is 0 Å². The van der Waals surface area contributed by atoms with Crippen molar-refractivity contribution in [2.45, 2.75) is 104 Å². The normalized spacial score (nSPS) is 13.6.